The number of benzene rings is 2. The molecule has 0 N–H and O–H groups in total. The highest BCUT2D eigenvalue weighted by molar-refractivity contribution is 5.76. The Morgan fingerprint density at radius 3 is 2.64 bits per heavy atom. The van der Waals surface area contributed by atoms with Gasteiger partial charge in [-0.25, -0.2) is 4.98 Å². The van der Waals surface area contributed by atoms with E-state index in [2.05, 4.69) is 72.7 Å². The zero-order chi connectivity index (χ0) is 19.5. The monoisotopic (exact) mass is 377 g/mol. The Kier molecular flexibility index (Phi) is 5.67. The van der Waals surface area contributed by atoms with Gasteiger partial charge < -0.3 is 9.30 Å². The molecule has 1 fully saturated rings. The van der Waals surface area contributed by atoms with E-state index in [1.165, 1.54) is 48.4 Å². The summed E-state index contributed by atoms with van der Waals surface area (Å²) in [5.41, 5.74) is 4.81. The summed E-state index contributed by atoms with van der Waals surface area (Å²) < 4.78 is 8.46. The van der Waals surface area contributed by atoms with Gasteiger partial charge in [-0.1, -0.05) is 29.8 Å². The second kappa shape index (κ2) is 8.36. The molecule has 3 aromatic rings. The largest absolute Gasteiger partial charge is 0.493 e. The van der Waals surface area contributed by atoms with Gasteiger partial charge in [0.05, 0.1) is 23.7 Å². The summed E-state index contributed by atoms with van der Waals surface area (Å²) in [6.45, 7) is 10.5. The van der Waals surface area contributed by atoms with Gasteiger partial charge in [-0.05, 0) is 76.9 Å². The van der Waals surface area contributed by atoms with Crippen LogP contribution in [0.15, 0.2) is 42.5 Å². The molecule has 4 nitrogen and oxygen atoms in total. The molecule has 4 heteroatoms. The third-order valence-corrected chi connectivity index (χ3v) is 5.86. The number of aryl methyl sites for hydroxylation is 3. The predicted molar refractivity (Wildman–Crippen MR) is 115 cm³/mol. The Morgan fingerprint density at radius 1 is 1.07 bits per heavy atom. The molecular weight excluding hydrogens is 346 g/mol. The fourth-order valence-electron chi connectivity index (χ4n) is 4.31. The first-order valence-electron chi connectivity index (χ1n) is 10.5. The Balaban J connectivity index is 1.48. The summed E-state index contributed by atoms with van der Waals surface area (Å²) >= 11 is 0. The van der Waals surface area contributed by atoms with Gasteiger partial charge in [0.1, 0.15) is 11.6 Å². The first-order valence-corrected chi connectivity index (χ1v) is 10.5. The number of ether oxygens (including phenoxy) is 1. The van der Waals surface area contributed by atoms with Crippen molar-refractivity contribution in [2.45, 2.75) is 52.6 Å². The summed E-state index contributed by atoms with van der Waals surface area (Å²) in [6, 6.07) is 15.2. The number of hydrogen-bond acceptors (Lipinski definition) is 3. The number of nitrogens with zero attached hydrogens (tertiary/aromatic N) is 3. The Labute approximate surface area is 168 Å². The second-order valence-corrected chi connectivity index (χ2v) is 8.00. The number of likely N-dealkylation sites (tertiary alicyclic amines) is 1. The molecule has 4 rings (SSSR count). The number of aromatic nitrogens is 2. The predicted octanol–water partition coefficient (Wildman–Crippen LogP) is 5.28. The zero-order valence-corrected chi connectivity index (χ0v) is 17.3. The molecule has 1 unspecified atom stereocenters. The lowest BCUT2D eigenvalue weighted by molar-refractivity contribution is 0.245. The van der Waals surface area contributed by atoms with E-state index in [1.807, 2.05) is 0 Å². The van der Waals surface area contributed by atoms with Crippen LogP contribution in [0.1, 0.15) is 49.2 Å². The number of hydrogen-bond donors (Lipinski definition) is 0. The normalized spacial score (nSPS) is 16.0. The first-order chi connectivity index (χ1) is 13.6. The van der Waals surface area contributed by atoms with E-state index in [9.17, 15) is 0 Å². The van der Waals surface area contributed by atoms with Crippen molar-refractivity contribution in [3.63, 3.8) is 0 Å². The van der Waals surface area contributed by atoms with Gasteiger partial charge in [-0.3, -0.25) is 4.90 Å². The maximum absolute atomic E-state index is 6.06. The Morgan fingerprint density at radius 2 is 1.86 bits per heavy atom. The van der Waals surface area contributed by atoms with Crippen LogP contribution in [0.4, 0.5) is 0 Å². The molecule has 0 bridgehead atoms. The van der Waals surface area contributed by atoms with Crippen LogP contribution in [0.25, 0.3) is 11.0 Å². The summed E-state index contributed by atoms with van der Waals surface area (Å²) in [5, 5.41) is 0. The van der Waals surface area contributed by atoms with Crippen LogP contribution in [0.2, 0.25) is 0 Å². The topological polar surface area (TPSA) is 30.3 Å². The minimum atomic E-state index is 0.357. The van der Waals surface area contributed by atoms with E-state index in [0.717, 1.165) is 24.2 Å². The fourth-order valence-corrected chi connectivity index (χ4v) is 4.31. The zero-order valence-electron chi connectivity index (χ0n) is 17.3. The fraction of sp³-hybridized carbons (Fsp3) is 0.458. The summed E-state index contributed by atoms with van der Waals surface area (Å²) in [5.74, 6) is 2.18. The van der Waals surface area contributed by atoms with Crippen molar-refractivity contribution < 1.29 is 4.74 Å². The average Bonchev–Trinajstić information content (AvgIpc) is 3.34. The highest BCUT2D eigenvalue weighted by Gasteiger charge is 2.24. The van der Waals surface area contributed by atoms with Crippen molar-refractivity contribution in [1.82, 2.24) is 14.5 Å². The second-order valence-electron chi connectivity index (χ2n) is 8.00. The van der Waals surface area contributed by atoms with Gasteiger partial charge in [0, 0.05) is 6.54 Å². The molecule has 1 saturated heterocycles. The molecule has 2 aromatic carbocycles. The van der Waals surface area contributed by atoms with Crippen molar-refractivity contribution >= 4 is 11.0 Å². The highest BCUT2D eigenvalue weighted by Crippen LogP contribution is 2.28. The minimum Gasteiger partial charge on any atom is -0.493 e. The maximum Gasteiger partial charge on any atom is 0.127 e. The molecule has 2 heterocycles. The molecule has 0 aliphatic carbocycles. The van der Waals surface area contributed by atoms with E-state index in [4.69, 9.17) is 9.72 Å². The smallest absolute Gasteiger partial charge is 0.127 e. The number of para-hydroxylation sites is 2. The van der Waals surface area contributed by atoms with Gasteiger partial charge in [0.25, 0.3) is 0 Å². The molecule has 1 atom stereocenters. The van der Waals surface area contributed by atoms with Crippen molar-refractivity contribution in [1.29, 1.82) is 0 Å². The van der Waals surface area contributed by atoms with E-state index in [-0.39, 0.29) is 0 Å². The molecule has 148 valence electrons. The molecule has 1 aliphatic heterocycles. The van der Waals surface area contributed by atoms with Crippen LogP contribution in [0.3, 0.4) is 0 Å². The van der Waals surface area contributed by atoms with Gasteiger partial charge in [0.15, 0.2) is 0 Å². The van der Waals surface area contributed by atoms with Crippen LogP contribution in [-0.2, 0) is 6.54 Å². The lowest BCUT2D eigenvalue weighted by Crippen LogP contribution is -2.26. The van der Waals surface area contributed by atoms with Crippen molar-refractivity contribution in [2.75, 3.05) is 19.7 Å². The molecule has 0 radical (unpaired) electrons. The van der Waals surface area contributed by atoms with E-state index >= 15 is 0 Å². The number of imidazole rings is 1. The Hall–Kier alpha value is -2.33. The van der Waals surface area contributed by atoms with Crippen LogP contribution in [0, 0.1) is 13.8 Å². The van der Waals surface area contributed by atoms with E-state index in [0.29, 0.717) is 12.6 Å². The van der Waals surface area contributed by atoms with E-state index < -0.39 is 0 Å². The maximum atomic E-state index is 6.06. The van der Waals surface area contributed by atoms with Gasteiger partial charge in [-0.2, -0.15) is 0 Å². The summed E-state index contributed by atoms with van der Waals surface area (Å²) in [4.78, 5) is 7.56. The third kappa shape index (κ3) is 3.93. The van der Waals surface area contributed by atoms with Gasteiger partial charge >= 0.3 is 0 Å². The molecule has 0 spiro atoms. The number of rotatable bonds is 7. The molecular formula is C24H31N3O. The van der Waals surface area contributed by atoms with Crippen LogP contribution in [0.5, 0.6) is 5.75 Å². The van der Waals surface area contributed by atoms with Crippen LogP contribution < -0.4 is 4.74 Å². The van der Waals surface area contributed by atoms with Crippen LogP contribution in [-0.4, -0.2) is 34.1 Å². The lowest BCUT2D eigenvalue weighted by Gasteiger charge is -2.24. The Bertz CT molecular complexity index is 940. The van der Waals surface area contributed by atoms with Gasteiger partial charge in [-0.15, -0.1) is 0 Å². The molecule has 28 heavy (non-hydrogen) atoms. The van der Waals surface area contributed by atoms with Crippen molar-refractivity contribution in [2.24, 2.45) is 0 Å². The first kappa shape index (κ1) is 19.0. The van der Waals surface area contributed by atoms with Gasteiger partial charge in [0.2, 0.25) is 0 Å². The summed E-state index contributed by atoms with van der Waals surface area (Å²) in [7, 11) is 0. The highest BCUT2D eigenvalue weighted by atomic mass is 16.5. The SMILES string of the molecule is Cc1ccc(OCCCn2c(C(C)N3CCCC3)nc3ccccc32)c(C)c1. The summed E-state index contributed by atoms with van der Waals surface area (Å²) in [6.07, 6.45) is 3.57. The average molecular weight is 378 g/mol. The number of fused-ring (bicyclic) bond motifs is 1. The van der Waals surface area contributed by atoms with Crippen LogP contribution >= 0.6 is 0 Å². The van der Waals surface area contributed by atoms with Crippen molar-refractivity contribution in [3.05, 3.63) is 59.4 Å². The van der Waals surface area contributed by atoms with E-state index in [1.54, 1.807) is 0 Å². The molecule has 1 aromatic heterocycles. The minimum absolute atomic E-state index is 0.357. The lowest BCUT2D eigenvalue weighted by atomic mass is 10.1. The molecule has 1 aliphatic rings. The van der Waals surface area contributed by atoms with Crippen molar-refractivity contribution in [3.8, 4) is 5.75 Å². The molecule has 0 amide bonds. The third-order valence-electron chi connectivity index (χ3n) is 5.86. The quantitative estimate of drug-likeness (QED) is 0.525. The molecule has 0 saturated carbocycles. The standard InChI is InChI=1S/C24H31N3O/c1-18-11-12-23(19(2)17-18)28-16-8-15-27-22-10-5-4-9-21(22)25-24(27)20(3)26-13-6-7-14-26/h4-5,9-12,17,20H,6-8,13-16H2,1-3H3.